The lowest BCUT2D eigenvalue weighted by molar-refractivity contribution is 0.282. The largest absolute Gasteiger partial charge is 0.493 e. The van der Waals surface area contributed by atoms with Crippen LogP contribution in [0.2, 0.25) is 5.02 Å². The van der Waals surface area contributed by atoms with Crippen molar-refractivity contribution in [3.05, 3.63) is 58.9 Å². The van der Waals surface area contributed by atoms with E-state index in [9.17, 15) is 12.8 Å². The molecule has 1 aliphatic heterocycles. The van der Waals surface area contributed by atoms with Gasteiger partial charge in [0.15, 0.2) is 9.84 Å². The quantitative estimate of drug-likeness (QED) is 0.843. The molecule has 1 unspecified atom stereocenters. The molecule has 110 valence electrons. The van der Waals surface area contributed by atoms with Crippen molar-refractivity contribution in [1.82, 2.24) is 0 Å². The van der Waals surface area contributed by atoms with E-state index < -0.39 is 20.9 Å². The molecule has 2 aromatic carbocycles. The van der Waals surface area contributed by atoms with E-state index in [1.165, 1.54) is 42.5 Å². The summed E-state index contributed by atoms with van der Waals surface area (Å²) < 4.78 is 44.4. The Morgan fingerprint density at radius 2 is 1.86 bits per heavy atom. The van der Waals surface area contributed by atoms with Gasteiger partial charge in [-0.1, -0.05) is 11.6 Å². The van der Waals surface area contributed by atoms with Crippen molar-refractivity contribution in [3.8, 4) is 5.75 Å². The predicted octanol–water partition coefficient (Wildman–Crippen LogP) is 3.78. The second kappa shape index (κ2) is 5.31. The van der Waals surface area contributed by atoms with Crippen molar-refractivity contribution < 1.29 is 17.5 Å². The summed E-state index contributed by atoms with van der Waals surface area (Å²) in [5.74, 6) is -0.0549. The summed E-state index contributed by atoms with van der Waals surface area (Å²) in [6.45, 7) is 0.288. The smallest absolute Gasteiger partial charge is 0.185 e. The van der Waals surface area contributed by atoms with Crippen molar-refractivity contribution in [3.63, 3.8) is 0 Å². The molecule has 0 spiro atoms. The Bertz CT molecular complexity index is 772. The van der Waals surface area contributed by atoms with Gasteiger partial charge in [-0.2, -0.15) is 0 Å². The Hall–Kier alpha value is -1.59. The van der Waals surface area contributed by atoms with Crippen molar-refractivity contribution >= 4 is 21.4 Å². The van der Waals surface area contributed by atoms with Gasteiger partial charge >= 0.3 is 0 Å². The first-order chi connectivity index (χ1) is 9.98. The lowest BCUT2D eigenvalue weighted by Crippen LogP contribution is -2.22. The van der Waals surface area contributed by atoms with Crippen LogP contribution in [0, 0.1) is 5.82 Å². The van der Waals surface area contributed by atoms with Crippen LogP contribution >= 0.6 is 11.6 Å². The van der Waals surface area contributed by atoms with Gasteiger partial charge in [-0.05, 0) is 42.5 Å². The lowest BCUT2D eigenvalue weighted by Gasteiger charge is -2.25. The van der Waals surface area contributed by atoms with Crippen LogP contribution in [-0.2, 0) is 9.84 Å². The zero-order valence-corrected chi connectivity index (χ0v) is 12.5. The highest BCUT2D eigenvalue weighted by atomic mass is 35.5. The van der Waals surface area contributed by atoms with E-state index in [1.54, 1.807) is 0 Å². The van der Waals surface area contributed by atoms with E-state index in [-0.39, 0.29) is 11.5 Å². The SMILES string of the molecule is O=S(=O)(c1ccc(Cl)cc1)C1CCOc2ccc(F)cc21. The number of hydrogen-bond acceptors (Lipinski definition) is 3. The third-order valence-corrected chi connectivity index (χ3v) is 5.89. The molecule has 3 rings (SSSR count). The number of benzene rings is 2. The van der Waals surface area contributed by atoms with E-state index in [0.29, 0.717) is 22.8 Å². The first-order valence-corrected chi connectivity index (χ1v) is 8.32. The van der Waals surface area contributed by atoms with E-state index in [1.807, 2.05) is 0 Å². The van der Waals surface area contributed by atoms with E-state index in [0.717, 1.165) is 0 Å². The fourth-order valence-electron chi connectivity index (χ4n) is 2.44. The van der Waals surface area contributed by atoms with Crippen LogP contribution in [0.4, 0.5) is 4.39 Å². The van der Waals surface area contributed by atoms with Crippen LogP contribution in [0.15, 0.2) is 47.4 Å². The molecule has 0 saturated carbocycles. The average molecular weight is 327 g/mol. The van der Waals surface area contributed by atoms with E-state index >= 15 is 0 Å². The maximum absolute atomic E-state index is 13.4. The first-order valence-electron chi connectivity index (χ1n) is 6.40. The molecule has 0 bridgehead atoms. The second-order valence-corrected chi connectivity index (χ2v) is 7.37. The molecule has 2 aromatic rings. The van der Waals surface area contributed by atoms with Gasteiger partial charge in [-0.3, -0.25) is 0 Å². The Labute approximate surface area is 127 Å². The number of rotatable bonds is 2. The molecular weight excluding hydrogens is 315 g/mol. The molecule has 21 heavy (non-hydrogen) atoms. The molecule has 1 aliphatic rings. The fraction of sp³-hybridized carbons (Fsp3) is 0.200. The van der Waals surface area contributed by atoms with Gasteiger partial charge < -0.3 is 4.74 Å². The highest BCUT2D eigenvalue weighted by Gasteiger charge is 2.34. The van der Waals surface area contributed by atoms with Crippen molar-refractivity contribution in [1.29, 1.82) is 0 Å². The van der Waals surface area contributed by atoms with Gasteiger partial charge in [0.25, 0.3) is 0 Å². The molecule has 6 heteroatoms. The normalized spacial score (nSPS) is 17.9. The Balaban J connectivity index is 2.09. The maximum atomic E-state index is 13.4. The van der Waals surface area contributed by atoms with Crippen LogP contribution < -0.4 is 4.74 Å². The standard InChI is InChI=1S/C15H12ClFO3S/c16-10-1-4-12(5-2-10)21(18,19)15-7-8-20-14-6-3-11(17)9-13(14)15/h1-6,9,15H,7-8H2. The Kier molecular flexibility index (Phi) is 3.63. The minimum atomic E-state index is -3.61. The molecule has 0 aromatic heterocycles. The van der Waals surface area contributed by atoms with Gasteiger partial charge in [-0.15, -0.1) is 0 Å². The first kappa shape index (κ1) is 14.4. The average Bonchev–Trinajstić information content (AvgIpc) is 2.47. The van der Waals surface area contributed by atoms with Gasteiger partial charge in [-0.25, -0.2) is 12.8 Å². The predicted molar refractivity (Wildman–Crippen MR) is 77.9 cm³/mol. The monoisotopic (exact) mass is 326 g/mol. The number of ether oxygens (including phenoxy) is 1. The Morgan fingerprint density at radius 1 is 1.14 bits per heavy atom. The third kappa shape index (κ3) is 2.63. The van der Waals surface area contributed by atoms with Crippen molar-refractivity contribution in [2.45, 2.75) is 16.6 Å². The van der Waals surface area contributed by atoms with Crippen LogP contribution in [0.25, 0.3) is 0 Å². The minimum absolute atomic E-state index is 0.175. The fourth-order valence-corrected chi connectivity index (χ4v) is 4.34. The molecule has 0 aliphatic carbocycles. The van der Waals surface area contributed by atoms with Crippen LogP contribution in [0.3, 0.4) is 0 Å². The minimum Gasteiger partial charge on any atom is -0.493 e. The highest BCUT2D eigenvalue weighted by Crippen LogP contribution is 2.40. The molecule has 0 amide bonds. The summed E-state index contributed by atoms with van der Waals surface area (Å²) in [5, 5.41) is -0.342. The third-order valence-electron chi connectivity index (χ3n) is 3.47. The topological polar surface area (TPSA) is 43.4 Å². The van der Waals surface area contributed by atoms with Crippen LogP contribution in [0.5, 0.6) is 5.75 Å². The molecule has 0 radical (unpaired) electrons. The molecule has 0 saturated heterocycles. The van der Waals surface area contributed by atoms with Crippen LogP contribution in [-0.4, -0.2) is 15.0 Å². The second-order valence-electron chi connectivity index (χ2n) is 4.81. The summed E-state index contributed by atoms with van der Waals surface area (Å²) in [7, 11) is -3.61. The summed E-state index contributed by atoms with van der Waals surface area (Å²) in [5.41, 5.74) is 0.371. The molecular formula is C15H12ClFO3S. The Morgan fingerprint density at radius 3 is 2.57 bits per heavy atom. The molecule has 1 heterocycles. The van der Waals surface area contributed by atoms with Crippen molar-refractivity contribution in [2.75, 3.05) is 6.61 Å². The zero-order chi connectivity index (χ0) is 15.0. The molecule has 0 N–H and O–H groups in total. The summed E-state index contributed by atoms with van der Waals surface area (Å²) in [4.78, 5) is 0.175. The zero-order valence-electron chi connectivity index (χ0n) is 10.9. The summed E-state index contributed by atoms with van der Waals surface area (Å²) >= 11 is 5.78. The van der Waals surface area contributed by atoms with Crippen LogP contribution in [0.1, 0.15) is 17.2 Å². The number of hydrogen-bond donors (Lipinski definition) is 0. The lowest BCUT2D eigenvalue weighted by atomic mass is 10.1. The molecule has 1 atom stereocenters. The maximum Gasteiger partial charge on any atom is 0.185 e. The molecule has 0 fully saturated rings. The van der Waals surface area contributed by atoms with Gasteiger partial charge in [0, 0.05) is 17.0 Å². The highest BCUT2D eigenvalue weighted by molar-refractivity contribution is 7.91. The number of halogens is 2. The number of sulfone groups is 1. The van der Waals surface area contributed by atoms with E-state index in [2.05, 4.69) is 0 Å². The number of fused-ring (bicyclic) bond motifs is 1. The summed E-state index contributed by atoms with van der Waals surface area (Å²) in [6.07, 6.45) is 0.293. The van der Waals surface area contributed by atoms with Gasteiger partial charge in [0.1, 0.15) is 11.6 Å². The van der Waals surface area contributed by atoms with Gasteiger partial charge in [0.2, 0.25) is 0 Å². The van der Waals surface area contributed by atoms with Gasteiger partial charge in [0.05, 0.1) is 16.8 Å². The molecule has 3 nitrogen and oxygen atoms in total. The summed E-state index contributed by atoms with van der Waals surface area (Å²) in [6, 6.07) is 9.94. The van der Waals surface area contributed by atoms with E-state index in [4.69, 9.17) is 16.3 Å². The van der Waals surface area contributed by atoms with Crippen molar-refractivity contribution in [2.24, 2.45) is 0 Å².